The van der Waals surface area contributed by atoms with Crippen LogP contribution < -0.4 is 5.32 Å². The summed E-state index contributed by atoms with van der Waals surface area (Å²) in [5.74, 6) is -1.35. The molecular weight excluding hydrogens is 234 g/mol. The molecule has 2 fully saturated rings. The summed E-state index contributed by atoms with van der Waals surface area (Å²) in [4.78, 5) is 23.1. The van der Waals surface area contributed by atoms with Crippen LogP contribution in [-0.4, -0.2) is 35.7 Å². The molecule has 5 nitrogen and oxygen atoms in total. The lowest BCUT2D eigenvalue weighted by atomic mass is 9.55. The van der Waals surface area contributed by atoms with Crippen molar-refractivity contribution >= 4 is 11.9 Å². The Morgan fingerprint density at radius 3 is 2.17 bits per heavy atom. The predicted octanol–water partition coefficient (Wildman–Crippen LogP) is 1.17. The number of carbonyl (C=O) groups is 2. The molecule has 2 atom stereocenters. The van der Waals surface area contributed by atoms with E-state index in [1.165, 1.54) is 0 Å². The molecule has 0 saturated heterocycles. The minimum absolute atomic E-state index is 0.0215. The molecule has 1 amide bonds. The largest absolute Gasteiger partial charge is 0.480 e. The van der Waals surface area contributed by atoms with Crippen LogP contribution >= 0.6 is 0 Å². The molecule has 2 saturated carbocycles. The van der Waals surface area contributed by atoms with Crippen molar-refractivity contribution in [1.29, 1.82) is 0 Å². The Morgan fingerprint density at radius 2 is 1.83 bits per heavy atom. The summed E-state index contributed by atoms with van der Waals surface area (Å²) >= 11 is 0. The zero-order chi connectivity index (χ0) is 13.8. The third-order valence-corrected chi connectivity index (χ3v) is 5.18. The second-order valence-corrected chi connectivity index (χ2v) is 6.27. The van der Waals surface area contributed by atoms with E-state index in [1.807, 2.05) is 20.8 Å². The van der Waals surface area contributed by atoms with Crippen LogP contribution in [-0.2, 0) is 14.3 Å². The van der Waals surface area contributed by atoms with Gasteiger partial charge in [-0.2, -0.15) is 0 Å². The van der Waals surface area contributed by atoms with E-state index in [9.17, 15) is 9.59 Å². The smallest absolute Gasteiger partial charge is 0.319 e. The zero-order valence-electron chi connectivity index (χ0n) is 11.4. The monoisotopic (exact) mass is 255 g/mol. The van der Waals surface area contributed by atoms with E-state index in [4.69, 9.17) is 9.84 Å². The van der Waals surface area contributed by atoms with Crippen LogP contribution in [0.1, 0.15) is 40.0 Å². The Hall–Kier alpha value is -1.10. The second kappa shape index (κ2) is 3.70. The Morgan fingerprint density at radius 1 is 1.28 bits per heavy atom. The van der Waals surface area contributed by atoms with Crippen LogP contribution in [0.25, 0.3) is 0 Å². The van der Waals surface area contributed by atoms with Crippen molar-refractivity contribution in [1.82, 2.24) is 5.32 Å². The van der Waals surface area contributed by atoms with Crippen molar-refractivity contribution in [3.05, 3.63) is 0 Å². The highest BCUT2D eigenvalue weighted by atomic mass is 16.5. The Labute approximate surface area is 107 Å². The van der Waals surface area contributed by atoms with Crippen LogP contribution in [0.15, 0.2) is 0 Å². The van der Waals surface area contributed by atoms with Gasteiger partial charge in [0, 0.05) is 18.6 Å². The normalized spacial score (nSPS) is 35.4. The van der Waals surface area contributed by atoms with Gasteiger partial charge in [-0.15, -0.1) is 0 Å². The van der Waals surface area contributed by atoms with Gasteiger partial charge in [-0.1, -0.05) is 13.8 Å². The fourth-order valence-corrected chi connectivity index (χ4v) is 2.68. The highest BCUT2D eigenvalue weighted by Gasteiger charge is 2.62. The first-order valence-corrected chi connectivity index (χ1v) is 6.29. The molecule has 2 aliphatic carbocycles. The number of nitrogens with one attached hydrogen (secondary N) is 1. The molecule has 0 spiro atoms. The van der Waals surface area contributed by atoms with Crippen molar-refractivity contribution in [2.75, 3.05) is 7.11 Å². The molecule has 5 heteroatoms. The lowest BCUT2D eigenvalue weighted by molar-refractivity contribution is -0.184. The van der Waals surface area contributed by atoms with E-state index in [0.717, 1.165) is 6.42 Å². The maximum atomic E-state index is 12.0. The van der Waals surface area contributed by atoms with E-state index in [2.05, 4.69) is 5.32 Å². The van der Waals surface area contributed by atoms with Gasteiger partial charge in [0.2, 0.25) is 5.91 Å². The van der Waals surface area contributed by atoms with E-state index in [0.29, 0.717) is 12.8 Å². The van der Waals surface area contributed by atoms with Crippen molar-refractivity contribution in [2.45, 2.75) is 51.7 Å². The number of hydrogen-bond donors (Lipinski definition) is 2. The lowest BCUT2D eigenvalue weighted by Gasteiger charge is -2.59. The van der Waals surface area contributed by atoms with Gasteiger partial charge in [0.25, 0.3) is 0 Å². The molecular formula is C13H21NO4. The van der Waals surface area contributed by atoms with Gasteiger partial charge >= 0.3 is 5.97 Å². The molecule has 2 aliphatic rings. The van der Waals surface area contributed by atoms with Crippen LogP contribution in [0.2, 0.25) is 0 Å². The van der Waals surface area contributed by atoms with Crippen LogP contribution in [0.5, 0.6) is 0 Å². The van der Waals surface area contributed by atoms with Gasteiger partial charge in [-0.3, -0.25) is 9.59 Å². The first-order chi connectivity index (χ1) is 8.19. The minimum atomic E-state index is -1.16. The molecule has 0 unspecified atom stereocenters. The summed E-state index contributed by atoms with van der Waals surface area (Å²) < 4.78 is 5.48. The highest BCUT2D eigenvalue weighted by molar-refractivity contribution is 6.05. The molecule has 0 heterocycles. The molecule has 2 rings (SSSR count). The molecule has 18 heavy (non-hydrogen) atoms. The molecule has 0 radical (unpaired) electrons. The van der Waals surface area contributed by atoms with E-state index < -0.39 is 11.4 Å². The maximum Gasteiger partial charge on any atom is 0.319 e. The molecule has 2 N–H and O–H groups in total. The number of carboxylic acids is 1. The number of carbonyl (C=O) groups excluding carboxylic acids is 1. The van der Waals surface area contributed by atoms with Crippen molar-refractivity contribution in [3.8, 4) is 0 Å². The third kappa shape index (κ3) is 1.56. The SMILES string of the molecule is CO[C@@]1(C)C[C@@H](NC(=O)C2(C(=O)O)CC2)C1(C)C. The summed E-state index contributed by atoms with van der Waals surface area (Å²) in [6, 6.07) is -0.0215. The lowest BCUT2D eigenvalue weighted by Crippen LogP contribution is -2.69. The quantitative estimate of drug-likeness (QED) is 0.739. The van der Waals surface area contributed by atoms with Crippen molar-refractivity contribution < 1.29 is 19.4 Å². The first kappa shape index (κ1) is 13.3. The number of rotatable bonds is 4. The van der Waals surface area contributed by atoms with Gasteiger partial charge in [-0.05, 0) is 26.2 Å². The molecule has 0 bridgehead atoms. The third-order valence-electron chi connectivity index (χ3n) is 5.18. The number of carboxylic acid groups (broad SMARTS) is 1. The average Bonchev–Trinajstić information content (AvgIpc) is 3.09. The van der Waals surface area contributed by atoms with Gasteiger partial charge in [0.05, 0.1) is 5.60 Å². The maximum absolute atomic E-state index is 12.0. The van der Waals surface area contributed by atoms with Crippen molar-refractivity contribution in [3.63, 3.8) is 0 Å². The summed E-state index contributed by atoms with van der Waals surface area (Å²) in [5, 5.41) is 12.0. The van der Waals surface area contributed by atoms with Gasteiger partial charge in [0.1, 0.15) is 5.41 Å². The highest BCUT2D eigenvalue weighted by Crippen LogP contribution is 2.53. The topological polar surface area (TPSA) is 75.6 Å². The summed E-state index contributed by atoms with van der Waals surface area (Å²) in [7, 11) is 1.67. The van der Waals surface area contributed by atoms with Crippen LogP contribution in [0.3, 0.4) is 0 Å². The number of methoxy groups -OCH3 is 1. The van der Waals surface area contributed by atoms with Crippen LogP contribution in [0.4, 0.5) is 0 Å². The molecule has 102 valence electrons. The fourth-order valence-electron chi connectivity index (χ4n) is 2.68. The average molecular weight is 255 g/mol. The van der Waals surface area contributed by atoms with Gasteiger partial charge < -0.3 is 15.2 Å². The molecule has 0 aromatic rings. The van der Waals surface area contributed by atoms with Crippen LogP contribution in [0, 0.1) is 10.8 Å². The van der Waals surface area contributed by atoms with E-state index >= 15 is 0 Å². The fraction of sp³-hybridized carbons (Fsp3) is 0.846. The number of hydrogen-bond acceptors (Lipinski definition) is 3. The molecule has 0 aromatic heterocycles. The van der Waals surface area contributed by atoms with Gasteiger partial charge in [0.15, 0.2) is 0 Å². The summed E-state index contributed by atoms with van der Waals surface area (Å²) in [5.41, 5.74) is -1.61. The predicted molar refractivity (Wildman–Crippen MR) is 65.0 cm³/mol. The Balaban J connectivity index is 2.01. The number of ether oxygens (including phenoxy) is 1. The van der Waals surface area contributed by atoms with Crippen molar-refractivity contribution in [2.24, 2.45) is 10.8 Å². The van der Waals surface area contributed by atoms with E-state index in [-0.39, 0.29) is 23.0 Å². The summed E-state index contributed by atoms with van der Waals surface area (Å²) in [6.45, 7) is 6.08. The molecule has 0 aliphatic heterocycles. The standard InChI is InChI=1S/C13H21NO4/c1-11(2)8(7-12(11,3)18-4)14-9(15)13(5-6-13)10(16)17/h8H,5-7H2,1-4H3,(H,14,15)(H,16,17)/t8-,12+/m1/s1. The second-order valence-electron chi connectivity index (χ2n) is 6.27. The summed E-state index contributed by atoms with van der Waals surface area (Å²) in [6.07, 6.45) is 1.61. The van der Waals surface area contributed by atoms with E-state index in [1.54, 1.807) is 7.11 Å². The number of aliphatic carboxylic acids is 1. The minimum Gasteiger partial charge on any atom is -0.480 e. The van der Waals surface area contributed by atoms with Gasteiger partial charge in [-0.25, -0.2) is 0 Å². The first-order valence-electron chi connectivity index (χ1n) is 6.29. The Bertz CT molecular complexity index is 400. The number of amides is 1. The Kier molecular flexibility index (Phi) is 2.74. The molecule has 0 aromatic carbocycles. The zero-order valence-corrected chi connectivity index (χ0v) is 11.4.